The average Bonchev–Trinajstić information content (AvgIpc) is 3.07. The molecule has 1 amide bonds. The fraction of sp³-hybridized carbons (Fsp3) is 0.211. The molecule has 0 aliphatic rings. The highest BCUT2D eigenvalue weighted by Crippen LogP contribution is 2.25. The van der Waals surface area contributed by atoms with Gasteiger partial charge < -0.3 is 19.4 Å². The number of aryl methyl sites for hydroxylation is 1. The standard InChI is InChI=1S/C19H20N4O3/c1-23-12-20-22-19(23)13-5-4-6-15(9-13)21-18(24)11-14-10-16(25-2)7-8-17(14)26-3/h4-10,12H,11H2,1-3H3,(H,21,24). The normalized spacial score (nSPS) is 10.4. The number of hydrogen-bond donors (Lipinski definition) is 1. The van der Waals surface area contributed by atoms with Crippen molar-refractivity contribution in [2.24, 2.45) is 7.05 Å². The van der Waals surface area contributed by atoms with E-state index < -0.39 is 0 Å². The number of nitrogens with zero attached hydrogens (tertiary/aromatic N) is 3. The number of amides is 1. The van der Waals surface area contributed by atoms with Gasteiger partial charge in [-0.3, -0.25) is 4.79 Å². The largest absolute Gasteiger partial charge is 0.497 e. The third-order valence-electron chi connectivity index (χ3n) is 3.95. The van der Waals surface area contributed by atoms with Crippen LogP contribution in [0.1, 0.15) is 5.56 Å². The summed E-state index contributed by atoms with van der Waals surface area (Å²) in [5.41, 5.74) is 2.33. The van der Waals surface area contributed by atoms with E-state index in [9.17, 15) is 4.79 Å². The number of rotatable bonds is 6. The molecular formula is C19H20N4O3. The van der Waals surface area contributed by atoms with Crippen molar-refractivity contribution >= 4 is 11.6 Å². The maximum absolute atomic E-state index is 12.5. The third-order valence-corrected chi connectivity index (χ3v) is 3.95. The van der Waals surface area contributed by atoms with Gasteiger partial charge in [0.05, 0.1) is 20.6 Å². The number of carbonyl (C=O) groups excluding carboxylic acids is 1. The van der Waals surface area contributed by atoms with Gasteiger partial charge in [0.15, 0.2) is 5.82 Å². The number of ether oxygens (including phenoxy) is 2. The molecule has 0 radical (unpaired) electrons. The van der Waals surface area contributed by atoms with Gasteiger partial charge in [0.1, 0.15) is 17.8 Å². The zero-order valence-electron chi connectivity index (χ0n) is 14.9. The van der Waals surface area contributed by atoms with Crippen molar-refractivity contribution in [1.29, 1.82) is 0 Å². The van der Waals surface area contributed by atoms with Crippen molar-refractivity contribution in [3.8, 4) is 22.9 Å². The first-order valence-electron chi connectivity index (χ1n) is 8.06. The number of methoxy groups -OCH3 is 2. The Morgan fingerprint density at radius 2 is 2.00 bits per heavy atom. The van der Waals surface area contributed by atoms with Gasteiger partial charge >= 0.3 is 0 Å². The van der Waals surface area contributed by atoms with Crippen LogP contribution in [-0.4, -0.2) is 34.9 Å². The minimum absolute atomic E-state index is 0.147. The van der Waals surface area contributed by atoms with Gasteiger partial charge in [-0.25, -0.2) is 0 Å². The molecule has 0 bridgehead atoms. The lowest BCUT2D eigenvalue weighted by molar-refractivity contribution is -0.115. The van der Waals surface area contributed by atoms with E-state index in [4.69, 9.17) is 9.47 Å². The molecule has 2 aromatic carbocycles. The summed E-state index contributed by atoms with van der Waals surface area (Å²) in [4.78, 5) is 12.5. The summed E-state index contributed by atoms with van der Waals surface area (Å²) in [6.07, 6.45) is 1.81. The molecule has 0 unspecified atom stereocenters. The molecular weight excluding hydrogens is 332 g/mol. The molecule has 26 heavy (non-hydrogen) atoms. The van der Waals surface area contributed by atoms with Crippen LogP contribution in [0.4, 0.5) is 5.69 Å². The van der Waals surface area contributed by atoms with Crippen LogP contribution in [0.2, 0.25) is 0 Å². The van der Waals surface area contributed by atoms with E-state index in [1.807, 2.05) is 35.9 Å². The average molecular weight is 352 g/mol. The van der Waals surface area contributed by atoms with E-state index in [1.54, 1.807) is 38.7 Å². The van der Waals surface area contributed by atoms with Crippen LogP contribution in [0.25, 0.3) is 11.4 Å². The predicted molar refractivity (Wildman–Crippen MR) is 98.3 cm³/mol. The lowest BCUT2D eigenvalue weighted by Crippen LogP contribution is -2.15. The molecule has 3 aromatic rings. The van der Waals surface area contributed by atoms with Crippen molar-refractivity contribution in [3.05, 3.63) is 54.4 Å². The van der Waals surface area contributed by atoms with Gasteiger partial charge in [-0.05, 0) is 30.3 Å². The molecule has 0 aliphatic heterocycles. The van der Waals surface area contributed by atoms with Gasteiger partial charge in [0.2, 0.25) is 5.91 Å². The number of hydrogen-bond acceptors (Lipinski definition) is 5. The van der Waals surface area contributed by atoms with Gasteiger partial charge in [-0.2, -0.15) is 0 Å². The zero-order chi connectivity index (χ0) is 18.5. The summed E-state index contributed by atoms with van der Waals surface area (Å²) in [5, 5.41) is 10.9. The van der Waals surface area contributed by atoms with Crippen molar-refractivity contribution in [2.75, 3.05) is 19.5 Å². The van der Waals surface area contributed by atoms with Gasteiger partial charge in [0, 0.05) is 23.9 Å². The van der Waals surface area contributed by atoms with Crippen molar-refractivity contribution in [3.63, 3.8) is 0 Å². The first kappa shape index (κ1) is 17.5. The van der Waals surface area contributed by atoms with Crippen LogP contribution in [0, 0.1) is 0 Å². The number of aromatic nitrogens is 3. The van der Waals surface area contributed by atoms with Crippen molar-refractivity contribution in [2.45, 2.75) is 6.42 Å². The quantitative estimate of drug-likeness (QED) is 0.738. The van der Waals surface area contributed by atoms with Crippen LogP contribution < -0.4 is 14.8 Å². The molecule has 7 nitrogen and oxygen atoms in total. The van der Waals surface area contributed by atoms with E-state index in [2.05, 4.69) is 15.5 Å². The van der Waals surface area contributed by atoms with Crippen LogP contribution in [0.3, 0.4) is 0 Å². The Bertz CT molecular complexity index is 921. The first-order valence-corrected chi connectivity index (χ1v) is 8.06. The molecule has 0 fully saturated rings. The molecule has 0 saturated carbocycles. The van der Waals surface area contributed by atoms with Crippen LogP contribution >= 0.6 is 0 Å². The maximum atomic E-state index is 12.5. The Morgan fingerprint density at radius 1 is 1.15 bits per heavy atom. The molecule has 1 aromatic heterocycles. The fourth-order valence-corrected chi connectivity index (χ4v) is 2.68. The summed E-state index contributed by atoms with van der Waals surface area (Å²) in [7, 11) is 5.03. The number of nitrogens with one attached hydrogen (secondary N) is 1. The van der Waals surface area contributed by atoms with E-state index in [1.165, 1.54) is 0 Å². The second kappa shape index (κ2) is 7.69. The molecule has 3 rings (SSSR count). The second-order valence-electron chi connectivity index (χ2n) is 5.75. The Balaban J connectivity index is 1.76. The van der Waals surface area contributed by atoms with Gasteiger partial charge in [-0.1, -0.05) is 12.1 Å². The Morgan fingerprint density at radius 3 is 2.69 bits per heavy atom. The van der Waals surface area contributed by atoms with Crippen LogP contribution in [0.15, 0.2) is 48.8 Å². The predicted octanol–water partition coefficient (Wildman–Crippen LogP) is 2.68. The summed E-state index contributed by atoms with van der Waals surface area (Å²) in [5.74, 6) is 1.91. The van der Waals surface area contributed by atoms with Crippen LogP contribution in [0.5, 0.6) is 11.5 Å². The summed E-state index contributed by atoms with van der Waals surface area (Å²) in [6, 6.07) is 12.9. The summed E-state index contributed by atoms with van der Waals surface area (Å²) >= 11 is 0. The minimum Gasteiger partial charge on any atom is -0.497 e. The Labute approximate surface area is 151 Å². The van der Waals surface area contributed by atoms with Crippen molar-refractivity contribution in [1.82, 2.24) is 14.8 Å². The minimum atomic E-state index is -0.147. The highest BCUT2D eigenvalue weighted by atomic mass is 16.5. The lowest BCUT2D eigenvalue weighted by atomic mass is 10.1. The first-order chi connectivity index (χ1) is 12.6. The zero-order valence-corrected chi connectivity index (χ0v) is 14.9. The molecule has 1 N–H and O–H groups in total. The fourth-order valence-electron chi connectivity index (χ4n) is 2.68. The SMILES string of the molecule is COc1ccc(OC)c(CC(=O)Nc2cccc(-c3nncn3C)c2)c1. The molecule has 7 heteroatoms. The topological polar surface area (TPSA) is 78.3 Å². The van der Waals surface area contributed by atoms with Crippen molar-refractivity contribution < 1.29 is 14.3 Å². The molecule has 1 heterocycles. The molecule has 0 spiro atoms. The molecule has 0 atom stereocenters. The van der Waals surface area contributed by atoms with Crippen LogP contribution in [-0.2, 0) is 18.3 Å². The second-order valence-corrected chi connectivity index (χ2v) is 5.75. The van der Waals surface area contributed by atoms with E-state index in [0.29, 0.717) is 17.2 Å². The monoisotopic (exact) mass is 352 g/mol. The molecule has 0 aliphatic carbocycles. The van der Waals surface area contributed by atoms with Gasteiger partial charge in [0.25, 0.3) is 0 Å². The maximum Gasteiger partial charge on any atom is 0.228 e. The molecule has 134 valence electrons. The summed E-state index contributed by atoms with van der Waals surface area (Å²) in [6.45, 7) is 0. The smallest absolute Gasteiger partial charge is 0.228 e. The highest BCUT2D eigenvalue weighted by Gasteiger charge is 2.12. The van der Waals surface area contributed by atoms with E-state index in [0.717, 1.165) is 17.0 Å². The van der Waals surface area contributed by atoms with E-state index >= 15 is 0 Å². The Kier molecular flexibility index (Phi) is 5.17. The van der Waals surface area contributed by atoms with Gasteiger partial charge in [-0.15, -0.1) is 10.2 Å². The molecule has 0 saturated heterocycles. The Hall–Kier alpha value is -3.35. The number of benzene rings is 2. The number of carbonyl (C=O) groups is 1. The van der Waals surface area contributed by atoms with E-state index in [-0.39, 0.29) is 12.3 Å². The highest BCUT2D eigenvalue weighted by molar-refractivity contribution is 5.93. The third kappa shape index (κ3) is 3.83. The lowest BCUT2D eigenvalue weighted by Gasteiger charge is -2.11. The number of anilines is 1. The summed E-state index contributed by atoms with van der Waals surface area (Å²) < 4.78 is 12.4.